The van der Waals surface area contributed by atoms with E-state index in [1.165, 1.54) is 0 Å². The van der Waals surface area contributed by atoms with Gasteiger partial charge in [-0.05, 0) is 6.92 Å². The number of carbonyl (C=O) groups is 2. The van der Waals surface area contributed by atoms with Crippen LogP contribution in [0.5, 0.6) is 0 Å². The third-order valence-electron chi connectivity index (χ3n) is 3.17. The van der Waals surface area contributed by atoms with E-state index in [0.717, 1.165) is 0 Å². The summed E-state index contributed by atoms with van der Waals surface area (Å²) < 4.78 is 10.2. The second-order valence-corrected chi connectivity index (χ2v) is 4.52. The fourth-order valence-electron chi connectivity index (χ4n) is 2.13. The Hall–Kier alpha value is -1.18. The summed E-state index contributed by atoms with van der Waals surface area (Å²) in [6, 6.07) is -0.625. The largest absolute Gasteiger partial charge is 0.481 e. The van der Waals surface area contributed by atoms with E-state index in [9.17, 15) is 9.59 Å². The highest BCUT2D eigenvalue weighted by Crippen LogP contribution is 2.14. The summed E-state index contributed by atoms with van der Waals surface area (Å²) in [5, 5.41) is 11.6. The summed E-state index contributed by atoms with van der Waals surface area (Å²) in [5.41, 5.74) is 0. The second-order valence-electron chi connectivity index (χ2n) is 4.52. The lowest BCUT2D eigenvalue weighted by atomic mass is 10.1. The smallest absolute Gasteiger partial charge is 0.305 e. The highest BCUT2D eigenvalue weighted by molar-refractivity contribution is 5.81. The molecule has 7 nitrogen and oxygen atoms in total. The lowest BCUT2D eigenvalue weighted by Crippen LogP contribution is -2.55. The van der Waals surface area contributed by atoms with E-state index in [2.05, 4.69) is 5.32 Å². The molecule has 0 saturated carbocycles. The molecular weight excluding hydrogens is 252 g/mol. The van der Waals surface area contributed by atoms with Gasteiger partial charge >= 0.3 is 5.97 Å². The Morgan fingerprint density at radius 3 is 2.95 bits per heavy atom. The highest BCUT2D eigenvalue weighted by Gasteiger charge is 2.31. The number of amides is 1. The Bertz CT molecular complexity index is 310. The molecule has 110 valence electrons. The molecule has 2 atom stereocenters. The third kappa shape index (κ3) is 5.14. The number of carboxylic acids is 1. The number of ether oxygens (including phenoxy) is 2. The Kier molecular flexibility index (Phi) is 6.75. The van der Waals surface area contributed by atoms with Gasteiger partial charge in [-0.15, -0.1) is 0 Å². The second kappa shape index (κ2) is 8.08. The average Bonchev–Trinajstić information content (AvgIpc) is 2.38. The quantitative estimate of drug-likeness (QED) is 0.598. The van der Waals surface area contributed by atoms with Crippen LogP contribution in [0.25, 0.3) is 0 Å². The molecule has 0 aromatic heterocycles. The molecule has 2 N–H and O–H groups in total. The van der Waals surface area contributed by atoms with Crippen LogP contribution in [-0.4, -0.2) is 74.0 Å². The molecule has 1 aliphatic rings. The summed E-state index contributed by atoms with van der Waals surface area (Å²) in [4.78, 5) is 24.7. The molecule has 1 amide bonds. The van der Waals surface area contributed by atoms with Crippen molar-refractivity contribution in [2.24, 2.45) is 0 Å². The SMILES string of the molecule is COCCNC(=O)C(C)N1CCOCC1CC(=O)O. The number of nitrogens with one attached hydrogen (secondary N) is 1. The minimum absolute atomic E-state index is 0.0182. The van der Waals surface area contributed by atoms with Crippen molar-refractivity contribution >= 4 is 11.9 Å². The van der Waals surface area contributed by atoms with Crippen molar-refractivity contribution in [3.63, 3.8) is 0 Å². The van der Waals surface area contributed by atoms with Gasteiger partial charge in [0.25, 0.3) is 0 Å². The first-order valence-electron chi connectivity index (χ1n) is 6.38. The van der Waals surface area contributed by atoms with Crippen LogP contribution in [0.4, 0.5) is 0 Å². The lowest BCUT2D eigenvalue weighted by molar-refractivity contribution is -0.143. The summed E-state index contributed by atoms with van der Waals surface area (Å²) in [5.74, 6) is -0.998. The van der Waals surface area contributed by atoms with Crippen LogP contribution in [0, 0.1) is 0 Å². The van der Waals surface area contributed by atoms with Crippen molar-refractivity contribution in [1.29, 1.82) is 0 Å². The Labute approximate surface area is 112 Å². The molecule has 0 radical (unpaired) electrons. The van der Waals surface area contributed by atoms with E-state index in [-0.39, 0.29) is 24.4 Å². The van der Waals surface area contributed by atoms with Gasteiger partial charge in [-0.1, -0.05) is 0 Å². The van der Waals surface area contributed by atoms with Gasteiger partial charge in [0, 0.05) is 26.2 Å². The maximum Gasteiger partial charge on any atom is 0.305 e. The monoisotopic (exact) mass is 274 g/mol. The predicted octanol–water partition coefficient (Wildman–Crippen LogP) is -0.687. The first-order valence-corrected chi connectivity index (χ1v) is 6.38. The molecule has 19 heavy (non-hydrogen) atoms. The van der Waals surface area contributed by atoms with Gasteiger partial charge in [0.15, 0.2) is 0 Å². The highest BCUT2D eigenvalue weighted by atomic mass is 16.5. The van der Waals surface area contributed by atoms with Crippen molar-refractivity contribution in [2.45, 2.75) is 25.4 Å². The van der Waals surface area contributed by atoms with Crippen molar-refractivity contribution in [2.75, 3.05) is 40.0 Å². The van der Waals surface area contributed by atoms with Crippen molar-refractivity contribution in [1.82, 2.24) is 10.2 Å². The number of methoxy groups -OCH3 is 1. The molecule has 0 aromatic carbocycles. The molecule has 1 heterocycles. The van der Waals surface area contributed by atoms with Crippen molar-refractivity contribution < 1.29 is 24.2 Å². The summed E-state index contributed by atoms with van der Waals surface area (Å²) in [7, 11) is 1.57. The molecule has 0 bridgehead atoms. The average molecular weight is 274 g/mol. The molecule has 0 spiro atoms. The Balaban J connectivity index is 2.53. The first-order chi connectivity index (χ1) is 9.06. The molecule has 1 aliphatic heterocycles. The fraction of sp³-hybridized carbons (Fsp3) is 0.833. The van der Waals surface area contributed by atoms with E-state index < -0.39 is 5.97 Å². The van der Waals surface area contributed by atoms with E-state index in [0.29, 0.717) is 32.9 Å². The molecular formula is C12H22N2O5. The summed E-state index contributed by atoms with van der Waals surface area (Å²) in [6.07, 6.45) is -0.0182. The minimum Gasteiger partial charge on any atom is -0.481 e. The van der Waals surface area contributed by atoms with Crippen molar-refractivity contribution in [3.05, 3.63) is 0 Å². The Morgan fingerprint density at radius 1 is 1.58 bits per heavy atom. The lowest BCUT2D eigenvalue weighted by Gasteiger charge is -2.38. The number of nitrogens with zero attached hydrogens (tertiary/aromatic N) is 1. The van der Waals surface area contributed by atoms with Crippen LogP contribution in [0.15, 0.2) is 0 Å². The zero-order chi connectivity index (χ0) is 14.3. The van der Waals surface area contributed by atoms with Crippen LogP contribution in [0.2, 0.25) is 0 Å². The van der Waals surface area contributed by atoms with Gasteiger partial charge in [0.1, 0.15) is 0 Å². The maximum absolute atomic E-state index is 12.0. The van der Waals surface area contributed by atoms with Gasteiger partial charge in [0.05, 0.1) is 32.3 Å². The van der Waals surface area contributed by atoms with E-state index >= 15 is 0 Å². The molecule has 1 saturated heterocycles. The van der Waals surface area contributed by atoms with Crippen molar-refractivity contribution in [3.8, 4) is 0 Å². The number of carbonyl (C=O) groups excluding carboxylic acids is 1. The van der Waals surface area contributed by atoms with Crippen LogP contribution in [0.1, 0.15) is 13.3 Å². The standard InChI is InChI=1S/C12H22N2O5/c1-9(12(17)13-3-5-18-2)14-4-6-19-8-10(14)7-11(15)16/h9-10H,3-8H2,1-2H3,(H,13,17)(H,15,16). The number of hydrogen-bond donors (Lipinski definition) is 2. The normalized spacial score (nSPS) is 21.9. The van der Waals surface area contributed by atoms with Gasteiger partial charge in [0.2, 0.25) is 5.91 Å². The molecule has 0 aromatic rings. The van der Waals surface area contributed by atoms with Gasteiger partial charge in [-0.2, -0.15) is 0 Å². The minimum atomic E-state index is -0.882. The van der Waals surface area contributed by atoms with Crippen LogP contribution in [-0.2, 0) is 19.1 Å². The molecule has 1 rings (SSSR count). The topological polar surface area (TPSA) is 88.1 Å². The zero-order valence-corrected chi connectivity index (χ0v) is 11.4. The number of morpholine rings is 1. The molecule has 7 heteroatoms. The number of hydrogen-bond acceptors (Lipinski definition) is 5. The number of carboxylic acid groups (broad SMARTS) is 1. The molecule has 2 unspecified atom stereocenters. The van der Waals surface area contributed by atoms with Crippen LogP contribution in [0.3, 0.4) is 0 Å². The van der Waals surface area contributed by atoms with E-state index in [1.54, 1.807) is 14.0 Å². The van der Waals surface area contributed by atoms with Crippen LogP contribution < -0.4 is 5.32 Å². The summed E-state index contributed by atoms with van der Waals surface area (Å²) >= 11 is 0. The zero-order valence-electron chi connectivity index (χ0n) is 11.4. The maximum atomic E-state index is 12.0. The van der Waals surface area contributed by atoms with Gasteiger partial charge < -0.3 is 19.9 Å². The van der Waals surface area contributed by atoms with Gasteiger partial charge in [-0.25, -0.2) is 0 Å². The molecule has 0 aliphatic carbocycles. The fourth-order valence-corrected chi connectivity index (χ4v) is 2.13. The number of rotatable bonds is 7. The predicted molar refractivity (Wildman–Crippen MR) is 67.9 cm³/mol. The number of aliphatic carboxylic acids is 1. The van der Waals surface area contributed by atoms with Gasteiger partial charge in [-0.3, -0.25) is 14.5 Å². The van der Waals surface area contributed by atoms with Crippen LogP contribution >= 0.6 is 0 Å². The summed E-state index contributed by atoms with van der Waals surface area (Å²) in [6.45, 7) is 4.13. The Morgan fingerprint density at radius 2 is 2.32 bits per heavy atom. The first kappa shape index (κ1) is 15.9. The van der Waals surface area contributed by atoms with E-state index in [1.807, 2.05) is 4.90 Å². The third-order valence-corrected chi connectivity index (χ3v) is 3.17. The van der Waals surface area contributed by atoms with E-state index in [4.69, 9.17) is 14.6 Å². The molecule has 1 fully saturated rings.